The Hall–Kier alpha value is -2.03. The van der Waals surface area contributed by atoms with Crippen molar-refractivity contribution in [2.45, 2.75) is 9.79 Å². The van der Waals surface area contributed by atoms with E-state index >= 15 is 0 Å². The molecule has 0 heterocycles. The summed E-state index contributed by atoms with van der Waals surface area (Å²) in [5.41, 5.74) is 0.935. The van der Waals surface area contributed by atoms with Crippen LogP contribution in [0.15, 0.2) is 58.3 Å². The molecular weight excluding hydrogens is 312 g/mol. The van der Waals surface area contributed by atoms with Gasteiger partial charge in [-0.1, -0.05) is 12.1 Å². The molecule has 2 rings (SSSR count). The molecule has 0 fully saturated rings. The minimum absolute atomic E-state index is 0.242. The van der Waals surface area contributed by atoms with Gasteiger partial charge in [-0.3, -0.25) is 4.55 Å². The van der Waals surface area contributed by atoms with Gasteiger partial charge in [0.1, 0.15) is 0 Å². The predicted octanol–water partition coefficient (Wildman–Crippen LogP) is 2.87. The molecule has 0 radical (unpaired) electrons. The summed E-state index contributed by atoms with van der Waals surface area (Å²) in [7, 11) is -4.24. The molecule has 2 amide bonds. The number of carbonyl (C=O) groups excluding carboxylic acids is 1. The summed E-state index contributed by atoms with van der Waals surface area (Å²) in [5, 5.41) is 5.15. The highest BCUT2D eigenvalue weighted by Crippen LogP contribution is 2.19. The van der Waals surface area contributed by atoms with Gasteiger partial charge in [0.05, 0.1) is 10.6 Å². The molecule has 3 N–H and O–H groups in total. The zero-order valence-corrected chi connectivity index (χ0v) is 12.4. The highest BCUT2D eigenvalue weighted by Gasteiger charge is 2.09. The molecule has 6 nitrogen and oxygen atoms in total. The molecule has 0 saturated carbocycles. The predicted molar refractivity (Wildman–Crippen MR) is 82.6 cm³/mol. The first-order valence-electron chi connectivity index (χ1n) is 5.80. The van der Waals surface area contributed by atoms with Crippen molar-refractivity contribution in [1.82, 2.24) is 0 Å². The smallest absolute Gasteiger partial charge is 0.308 e. The summed E-state index contributed by atoms with van der Waals surface area (Å²) < 4.78 is 30.6. The normalized spacial score (nSPS) is 11.0. The molecular formula is C13H12N2O4S2. The maximum absolute atomic E-state index is 11.8. The summed E-state index contributed by atoms with van der Waals surface area (Å²) in [6.45, 7) is 0. The first-order valence-corrected chi connectivity index (χ1v) is 7.68. The number of hydrogen-bond acceptors (Lipinski definition) is 4. The summed E-state index contributed by atoms with van der Waals surface area (Å²) in [5.74, 6) is 0. The van der Waals surface area contributed by atoms with Crippen molar-refractivity contribution >= 4 is 40.2 Å². The summed E-state index contributed by atoms with van der Waals surface area (Å²) in [6.07, 6.45) is 0. The Morgan fingerprint density at radius 3 is 2.19 bits per heavy atom. The summed E-state index contributed by atoms with van der Waals surface area (Å²) in [6, 6.07) is 11.6. The third-order valence-electron chi connectivity index (χ3n) is 2.56. The summed E-state index contributed by atoms with van der Waals surface area (Å²) in [4.78, 5) is 12.2. The molecule has 0 aliphatic heterocycles. The van der Waals surface area contributed by atoms with E-state index < -0.39 is 16.1 Å². The molecule has 0 aromatic heterocycles. The molecule has 2 aromatic carbocycles. The van der Waals surface area contributed by atoms with E-state index in [0.717, 1.165) is 0 Å². The molecule has 0 atom stereocenters. The number of carbonyl (C=O) groups is 1. The van der Waals surface area contributed by atoms with Gasteiger partial charge >= 0.3 is 6.03 Å². The molecule has 8 heteroatoms. The highest BCUT2D eigenvalue weighted by molar-refractivity contribution is 7.85. The number of amides is 2. The van der Waals surface area contributed by atoms with Crippen LogP contribution in [0.2, 0.25) is 0 Å². The molecule has 2 aromatic rings. The third-order valence-corrected chi connectivity index (χ3v) is 3.82. The van der Waals surface area contributed by atoms with Crippen LogP contribution in [0.25, 0.3) is 0 Å². The second kappa shape index (κ2) is 6.17. The lowest BCUT2D eigenvalue weighted by molar-refractivity contribution is 0.262. The lowest BCUT2D eigenvalue weighted by Crippen LogP contribution is -2.19. The van der Waals surface area contributed by atoms with E-state index in [4.69, 9.17) is 4.55 Å². The van der Waals surface area contributed by atoms with E-state index in [1.807, 2.05) is 0 Å². The molecule has 0 bridgehead atoms. The minimum Gasteiger partial charge on any atom is -0.308 e. The molecule has 0 spiro atoms. The van der Waals surface area contributed by atoms with E-state index in [2.05, 4.69) is 23.3 Å². The van der Waals surface area contributed by atoms with Gasteiger partial charge in [0.2, 0.25) is 0 Å². The van der Waals surface area contributed by atoms with Crippen molar-refractivity contribution in [3.63, 3.8) is 0 Å². The van der Waals surface area contributed by atoms with Crippen LogP contribution in [0.4, 0.5) is 16.2 Å². The molecule has 110 valence electrons. The van der Waals surface area contributed by atoms with Crippen LogP contribution in [0.1, 0.15) is 0 Å². The van der Waals surface area contributed by atoms with E-state index in [1.54, 1.807) is 24.3 Å². The number of thiol groups is 1. The van der Waals surface area contributed by atoms with Crippen LogP contribution >= 0.6 is 12.6 Å². The van der Waals surface area contributed by atoms with Gasteiger partial charge in [0.15, 0.2) is 0 Å². The Morgan fingerprint density at radius 2 is 1.62 bits per heavy atom. The first kappa shape index (κ1) is 15.4. The fourth-order valence-electron chi connectivity index (χ4n) is 1.57. The second-order valence-corrected chi connectivity index (χ2v) is 6.00. The van der Waals surface area contributed by atoms with Crippen molar-refractivity contribution in [2.24, 2.45) is 0 Å². The molecule has 0 aliphatic rings. The van der Waals surface area contributed by atoms with Crippen LogP contribution < -0.4 is 10.6 Å². The van der Waals surface area contributed by atoms with Crippen LogP contribution in [0.5, 0.6) is 0 Å². The Balaban J connectivity index is 2.05. The summed E-state index contributed by atoms with van der Waals surface area (Å²) >= 11 is 4.21. The Kier molecular flexibility index (Phi) is 4.51. The van der Waals surface area contributed by atoms with Gasteiger partial charge in [-0.15, -0.1) is 12.6 Å². The van der Waals surface area contributed by atoms with Crippen molar-refractivity contribution < 1.29 is 17.8 Å². The highest BCUT2D eigenvalue weighted by atomic mass is 32.2. The lowest BCUT2D eigenvalue weighted by atomic mass is 10.3. The number of urea groups is 1. The van der Waals surface area contributed by atoms with Gasteiger partial charge < -0.3 is 10.6 Å². The largest absolute Gasteiger partial charge is 0.323 e. The number of para-hydroxylation sites is 1. The van der Waals surface area contributed by atoms with Gasteiger partial charge in [-0.05, 0) is 36.4 Å². The van der Waals surface area contributed by atoms with Crippen LogP contribution in [-0.4, -0.2) is 19.0 Å². The number of anilines is 2. The van der Waals surface area contributed by atoms with Gasteiger partial charge in [0.25, 0.3) is 10.1 Å². The average Bonchev–Trinajstić information content (AvgIpc) is 2.41. The quantitative estimate of drug-likeness (QED) is 0.516. The number of rotatable bonds is 3. The SMILES string of the molecule is O=C(Nc1ccc(S(=O)(=O)O)cc1)Nc1ccccc1S. The van der Waals surface area contributed by atoms with Gasteiger partial charge in [-0.25, -0.2) is 4.79 Å². The first-order chi connectivity index (χ1) is 9.86. The number of hydrogen-bond donors (Lipinski definition) is 4. The van der Waals surface area contributed by atoms with Crippen molar-refractivity contribution in [2.75, 3.05) is 10.6 Å². The number of benzene rings is 2. The second-order valence-electron chi connectivity index (χ2n) is 4.10. The van der Waals surface area contributed by atoms with Crippen LogP contribution in [0, 0.1) is 0 Å². The van der Waals surface area contributed by atoms with Crippen LogP contribution in [-0.2, 0) is 10.1 Å². The average molecular weight is 324 g/mol. The zero-order valence-electron chi connectivity index (χ0n) is 10.6. The topological polar surface area (TPSA) is 95.5 Å². The Bertz CT molecular complexity index is 758. The maximum Gasteiger partial charge on any atom is 0.323 e. The van der Waals surface area contributed by atoms with Crippen LogP contribution in [0.3, 0.4) is 0 Å². The van der Waals surface area contributed by atoms with E-state index in [0.29, 0.717) is 16.3 Å². The lowest BCUT2D eigenvalue weighted by Gasteiger charge is -2.09. The van der Waals surface area contributed by atoms with E-state index in [1.165, 1.54) is 24.3 Å². The van der Waals surface area contributed by atoms with Gasteiger partial charge in [-0.2, -0.15) is 8.42 Å². The molecule has 21 heavy (non-hydrogen) atoms. The van der Waals surface area contributed by atoms with E-state index in [9.17, 15) is 13.2 Å². The fraction of sp³-hybridized carbons (Fsp3) is 0. The molecule has 0 unspecified atom stereocenters. The zero-order chi connectivity index (χ0) is 15.5. The maximum atomic E-state index is 11.8. The number of nitrogens with one attached hydrogen (secondary N) is 2. The molecule has 0 saturated heterocycles. The van der Waals surface area contributed by atoms with Crippen molar-refractivity contribution in [3.05, 3.63) is 48.5 Å². The van der Waals surface area contributed by atoms with E-state index in [-0.39, 0.29) is 4.90 Å². The Morgan fingerprint density at radius 1 is 1.00 bits per heavy atom. The van der Waals surface area contributed by atoms with Gasteiger partial charge in [0, 0.05) is 10.6 Å². The van der Waals surface area contributed by atoms with Crippen molar-refractivity contribution in [1.29, 1.82) is 0 Å². The fourth-order valence-corrected chi connectivity index (χ4v) is 2.27. The minimum atomic E-state index is -4.24. The monoisotopic (exact) mass is 324 g/mol. The Labute approximate surface area is 127 Å². The van der Waals surface area contributed by atoms with Crippen molar-refractivity contribution in [3.8, 4) is 0 Å². The molecule has 0 aliphatic carbocycles. The third kappa shape index (κ3) is 4.22. The standard InChI is InChI=1S/C13H12N2O4S2/c16-13(15-11-3-1-2-4-12(11)20)14-9-5-7-10(8-6-9)21(17,18)19/h1-8,20H,(H2,14,15,16)(H,17,18,19).